The third-order valence-corrected chi connectivity index (χ3v) is 2.81. The second-order valence-electron chi connectivity index (χ2n) is 4.97. The molecule has 0 saturated heterocycles. The Balaban J connectivity index is 1.93. The number of rotatable bonds is 5. The Morgan fingerprint density at radius 1 is 1.38 bits per heavy atom. The first-order valence-electron chi connectivity index (χ1n) is 6.84. The van der Waals surface area contributed by atoms with Crippen molar-refractivity contribution in [1.82, 2.24) is 9.55 Å². The largest absolute Gasteiger partial charge is 0.491 e. The van der Waals surface area contributed by atoms with Gasteiger partial charge in [0.25, 0.3) is 0 Å². The number of imidazole rings is 1. The maximum absolute atomic E-state index is 5.86. The average Bonchev–Trinajstić information content (AvgIpc) is 2.84. The minimum atomic E-state index is 0.160. The topological polar surface area (TPSA) is 77.5 Å². The molecule has 0 aliphatic carbocycles. The summed E-state index contributed by atoms with van der Waals surface area (Å²) in [5, 5.41) is 3.04. The number of aliphatic imine (C=N–C) groups is 1. The zero-order valence-electron chi connectivity index (χ0n) is 12.6. The Morgan fingerprint density at radius 3 is 2.67 bits per heavy atom. The van der Waals surface area contributed by atoms with E-state index in [1.54, 1.807) is 6.20 Å². The van der Waals surface area contributed by atoms with Gasteiger partial charge in [-0.2, -0.15) is 0 Å². The van der Waals surface area contributed by atoms with Crippen molar-refractivity contribution in [1.29, 1.82) is 0 Å². The summed E-state index contributed by atoms with van der Waals surface area (Å²) in [5.74, 6) is 2.05. The molecular formula is C15H21N5O. The molecule has 21 heavy (non-hydrogen) atoms. The summed E-state index contributed by atoms with van der Waals surface area (Å²) < 4.78 is 7.50. The van der Waals surface area contributed by atoms with E-state index in [0.717, 1.165) is 17.3 Å². The minimum absolute atomic E-state index is 0.160. The van der Waals surface area contributed by atoms with Crippen LogP contribution in [0, 0.1) is 0 Å². The van der Waals surface area contributed by atoms with Gasteiger partial charge in [-0.15, -0.1) is 0 Å². The van der Waals surface area contributed by atoms with E-state index < -0.39 is 0 Å². The molecule has 6 nitrogen and oxygen atoms in total. The van der Waals surface area contributed by atoms with Gasteiger partial charge in [0.05, 0.1) is 6.10 Å². The molecule has 0 amide bonds. The molecule has 1 aromatic carbocycles. The number of guanidine groups is 1. The second kappa shape index (κ2) is 6.78. The highest BCUT2D eigenvalue weighted by molar-refractivity contribution is 5.92. The van der Waals surface area contributed by atoms with Crippen molar-refractivity contribution < 1.29 is 4.74 Å². The lowest BCUT2D eigenvalue weighted by molar-refractivity contribution is 0.242. The number of anilines is 1. The molecule has 0 aliphatic rings. The Kier molecular flexibility index (Phi) is 4.81. The van der Waals surface area contributed by atoms with Gasteiger partial charge >= 0.3 is 0 Å². The van der Waals surface area contributed by atoms with E-state index in [1.807, 2.05) is 55.9 Å². The van der Waals surface area contributed by atoms with E-state index >= 15 is 0 Å². The number of nitrogens with one attached hydrogen (secondary N) is 1. The maximum atomic E-state index is 5.86. The summed E-state index contributed by atoms with van der Waals surface area (Å²) in [7, 11) is 1.93. The fourth-order valence-electron chi connectivity index (χ4n) is 1.78. The monoisotopic (exact) mass is 287 g/mol. The molecule has 2 rings (SSSR count). The molecule has 0 spiro atoms. The SMILES string of the molecule is CC(C)Oc1ccc(NC(N)=NCc2nccn2C)cc1. The van der Waals surface area contributed by atoms with Crippen LogP contribution < -0.4 is 15.8 Å². The van der Waals surface area contributed by atoms with Crippen LogP contribution in [0.4, 0.5) is 5.69 Å². The lowest BCUT2D eigenvalue weighted by atomic mass is 10.3. The number of ether oxygens (including phenoxy) is 1. The van der Waals surface area contributed by atoms with Crippen molar-refractivity contribution in [3.05, 3.63) is 42.5 Å². The molecule has 0 saturated carbocycles. The van der Waals surface area contributed by atoms with Gasteiger partial charge in [0.15, 0.2) is 5.96 Å². The standard InChI is InChI=1S/C15H21N5O/c1-11(2)21-13-6-4-12(5-7-13)19-15(16)18-10-14-17-8-9-20(14)3/h4-9,11H,10H2,1-3H3,(H3,16,18,19). The Hall–Kier alpha value is -2.50. The van der Waals surface area contributed by atoms with Crippen LogP contribution in [-0.2, 0) is 13.6 Å². The summed E-state index contributed by atoms with van der Waals surface area (Å²) in [5.41, 5.74) is 6.73. The van der Waals surface area contributed by atoms with Gasteiger partial charge in [-0.1, -0.05) is 0 Å². The van der Waals surface area contributed by atoms with Gasteiger partial charge < -0.3 is 20.4 Å². The predicted molar refractivity (Wildman–Crippen MR) is 84.4 cm³/mol. The van der Waals surface area contributed by atoms with Crippen molar-refractivity contribution in [3.8, 4) is 5.75 Å². The zero-order chi connectivity index (χ0) is 15.2. The smallest absolute Gasteiger partial charge is 0.193 e. The van der Waals surface area contributed by atoms with E-state index in [4.69, 9.17) is 10.5 Å². The second-order valence-corrected chi connectivity index (χ2v) is 4.97. The van der Waals surface area contributed by atoms with Gasteiger partial charge in [0.1, 0.15) is 18.1 Å². The first-order valence-corrected chi connectivity index (χ1v) is 6.84. The maximum Gasteiger partial charge on any atom is 0.193 e. The molecule has 1 heterocycles. The number of nitrogens with two attached hydrogens (primary N) is 1. The van der Waals surface area contributed by atoms with E-state index in [2.05, 4.69) is 15.3 Å². The number of hydrogen-bond donors (Lipinski definition) is 2. The highest BCUT2D eigenvalue weighted by atomic mass is 16.5. The molecular weight excluding hydrogens is 266 g/mol. The number of aryl methyl sites for hydroxylation is 1. The van der Waals surface area contributed by atoms with Crippen molar-refractivity contribution >= 4 is 11.6 Å². The fraction of sp³-hybridized carbons (Fsp3) is 0.333. The number of hydrogen-bond acceptors (Lipinski definition) is 3. The highest BCUT2D eigenvalue weighted by Crippen LogP contribution is 2.16. The first kappa shape index (κ1) is 14.9. The summed E-state index contributed by atoms with van der Waals surface area (Å²) >= 11 is 0. The van der Waals surface area contributed by atoms with E-state index in [1.165, 1.54) is 0 Å². The van der Waals surface area contributed by atoms with Crippen LogP contribution in [0.1, 0.15) is 19.7 Å². The highest BCUT2D eigenvalue weighted by Gasteiger charge is 2.00. The van der Waals surface area contributed by atoms with Crippen LogP contribution in [0.3, 0.4) is 0 Å². The van der Waals surface area contributed by atoms with Crippen LogP contribution in [0.15, 0.2) is 41.7 Å². The van der Waals surface area contributed by atoms with Crippen LogP contribution in [-0.4, -0.2) is 21.6 Å². The Labute approximate surface area is 124 Å². The van der Waals surface area contributed by atoms with Gasteiger partial charge in [-0.05, 0) is 38.1 Å². The summed E-state index contributed by atoms with van der Waals surface area (Å²) in [6.07, 6.45) is 3.78. The molecule has 0 radical (unpaired) electrons. The predicted octanol–water partition coefficient (Wildman–Crippen LogP) is 2.13. The lowest BCUT2D eigenvalue weighted by Crippen LogP contribution is -2.22. The van der Waals surface area contributed by atoms with Crippen molar-refractivity contribution in [2.45, 2.75) is 26.5 Å². The van der Waals surface area contributed by atoms with Crippen molar-refractivity contribution in [2.24, 2.45) is 17.8 Å². The third kappa shape index (κ3) is 4.52. The fourth-order valence-corrected chi connectivity index (χ4v) is 1.78. The first-order chi connectivity index (χ1) is 10.0. The number of benzene rings is 1. The minimum Gasteiger partial charge on any atom is -0.491 e. The number of nitrogens with zero attached hydrogens (tertiary/aromatic N) is 3. The normalized spacial score (nSPS) is 11.7. The molecule has 6 heteroatoms. The van der Waals surface area contributed by atoms with E-state index in [0.29, 0.717) is 12.5 Å². The molecule has 112 valence electrons. The molecule has 0 atom stereocenters. The lowest BCUT2D eigenvalue weighted by Gasteiger charge is -2.10. The van der Waals surface area contributed by atoms with Gasteiger partial charge in [-0.3, -0.25) is 0 Å². The molecule has 0 aliphatic heterocycles. The third-order valence-electron chi connectivity index (χ3n) is 2.81. The molecule has 0 fully saturated rings. The van der Waals surface area contributed by atoms with Gasteiger partial charge in [-0.25, -0.2) is 9.98 Å². The van der Waals surface area contributed by atoms with Crippen LogP contribution in [0.25, 0.3) is 0 Å². The molecule has 0 bridgehead atoms. The average molecular weight is 287 g/mol. The summed E-state index contributed by atoms with van der Waals surface area (Å²) in [6, 6.07) is 7.60. The number of aromatic nitrogens is 2. The quantitative estimate of drug-likeness (QED) is 0.652. The van der Waals surface area contributed by atoms with E-state index in [-0.39, 0.29) is 6.10 Å². The van der Waals surface area contributed by atoms with E-state index in [9.17, 15) is 0 Å². The zero-order valence-corrected chi connectivity index (χ0v) is 12.6. The van der Waals surface area contributed by atoms with Gasteiger partial charge in [0.2, 0.25) is 0 Å². The van der Waals surface area contributed by atoms with Crippen LogP contribution in [0.2, 0.25) is 0 Å². The van der Waals surface area contributed by atoms with Gasteiger partial charge in [0, 0.05) is 25.1 Å². The van der Waals surface area contributed by atoms with Crippen LogP contribution >= 0.6 is 0 Å². The van der Waals surface area contributed by atoms with Crippen molar-refractivity contribution in [2.75, 3.05) is 5.32 Å². The molecule has 3 N–H and O–H groups in total. The summed E-state index contributed by atoms with van der Waals surface area (Å²) in [6.45, 7) is 4.43. The molecule has 2 aromatic rings. The molecule has 0 unspecified atom stereocenters. The van der Waals surface area contributed by atoms with Crippen LogP contribution in [0.5, 0.6) is 5.75 Å². The molecule has 1 aromatic heterocycles. The Bertz CT molecular complexity index is 601. The Morgan fingerprint density at radius 2 is 2.10 bits per heavy atom. The summed E-state index contributed by atoms with van der Waals surface area (Å²) in [4.78, 5) is 8.45. The van der Waals surface area contributed by atoms with Crippen molar-refractivity contribution in [3.63, 3.8) is 0 Å².